The molecule has 17 heavy (non-hydrogen) atoms. The van der Waals surface area contributed by atoms with Gasteiger partial charge in [-0.25, -0.2) is 13.2 Å². The van der Waals surface area contributed by atoms with E-state index in [0.29, 0.717) is 17.7 Å². The highest BCUT2D eigenvalue weighted by Gasteiger charge is 2.19. The third-order valence-corrected chi connectivity index (χ3v) is 2.23. The van der Waals surface area contributed by atoms with Gasteiger partial charge in [0.2, 0.25) is 0 Å². The molecule has 0 radical (unpaired) electrons. The summed E-state index contributed by atoms with van der Waals surface area (Å²) in [6.07, 6.45) is 2.45. The van der Waals surface area contributed by atoms with Crippen LogP contribution in [0.15, 0.2) is 35.1 Å². The van der Waals surface area contributed by atoms with Crippen LogP contribution in [-0.4, -0.2) is 5.78 Å². The normalized spacial score (nSPS) is 10.5. The Morgan fingerprint density at radius 1 is 1.18 bits per heavy atom. The third kappa shape index (κ3) is 2.38. The van der Waals surface area contributed by atoms with Crippen molar-refractivity contribution in [1.82, 2.24) is 0 Å². The topological polar surface area (TPSA) is 30.2 Å². The first-order chi connectivity index (χ1) is 8.08. The summed E-state index contributed by atoms with van der Waals surface area (Å²) >= 11 is 0. The fourth-order valence-corrected chi connectivity index (χ4v) is 1.48. The lowest BCUT2D eigenvalue weighted by Gasteiger charge is -2.03. The Bertz CT molecular complexity index is 524. The van der Waals surface area contributed by atoms with Crippen LogP contribution < -0.4 is 0 Å². The maximum Gasteiger partial charge on any atom is 0.173 e. The van der Waals surface area contributed by atoms with Crippen LogP contribution >= 0.6 is 0 Å². The van der Waals surface area contributed by atoms with Crippen LogP contribution in [0, 0.1) is 17.5 Å². The molecule has 1 aromatic heterocycles. The van der Waals surface area contributed by atoms with Gasteiger partial charge >= 0.3 is 0 Å². The van der Waals surface area contributed by atoms with Crippen molar-refractivity contribution in [3.8, 4) is 0 Å². The van der Waals surface area contributed by atoms with Crippen molar-refractivity contribution >= 4 is 5.78 Å². The molecule has 0 fully saturated rings. The molecule has 2 nitrogen and oxygen atoms in total. The van der Waals surface area contributed by atoms with E-state index in [9.17, 15) is 18.0 Å². The minimum Gasteiger partial charge on any atom is -0.472 e. The number of halogens is 3. The van der Waals surface area contributed by atoms with Crippen LogP contribution in [0.1, 0.15) is 15.9 Å². The summed E-state index contributed by atoms with van der Waals surface area (Å²) < 4.78 is 43.9. The Morgan fingerprint density at radius 2 is 1.82 bits per heavy atom. The zero-order valence-corrected chi connectivity index (χ0v) is 8.54. The van der Waals surface area contributed by atoms with Gasteiger partial charge in [-0.3, -0.25) is 4.79 Å². The molecule has 0 amide bonds. The number of furan rings is 1. The van der Waals surface area contributed by atoms with Gasteiger partial charge in [-0.15, -0.1) is 0 Å². The van der Waals surface area contributed by atoms with Crippen LogP contribution in [0.4, 0.5) is 13.2 Å². The molecule has 1 aromatic carbocycles. The summed E-state index contributed by atoms with van der Waals surface area (Å²) in [6.45, 7) is 0. The average Bonchev–Trinajstić information content (AvgIpc) is 2.68. The van der Waals surface area contributed by atoms with Gasteiger partial charge in [-0.1, -0.05) is 0 Å². The molecule has 2 rings (SSSR count). The molecule has 0 unspecified atom stereocenters. The molecule has 0 saturated heterocycles. The van der Waals surface area contributed by atoms with Gasteiger partial charge in [0.1, 0.15) is 17.5 Å². The molecule has 2 aromatic rings. The number of ketones is 1. The molecule has 0 N–H and O–H groups in total. The third-order valence-electron chi connectivity index (χ3n) is 2.23. The second-order valence-corrected chi connectivity index (χ2v) is 3.48. The SMILES string of the molecule is O=C(Cc1ccoc1)c1c(F)cc(F)cc1F. The van der Waals surface area contributed by atoms with Crippen LogP contribution in [0.25, 0.3) is 0 Å². The number of hydrogen-bond acceptors (Lipinski definition) is 2. The Hall–Kier alpha value is -2.04. The van der Waals surface area contributed by atoms with Crippen molar-refractivity contribution < 1.29 is 22.4 Å². The Balaban J connectivity index is 2.31. The number of Topliss-reactive ketones (excluding diaryl/α,β-unsaturated/α-hetero) is 1. The highest BCUT2D eigenvalue weighted by molar-refractivity contribution is 5.97. The Morgan fingerprint density at radius 3 is 2.35 bits per heavy atom. The standard InChI is InChI=1S/C12H7F3O2/c13-8-4-9(14)12(10(15)5-8)11(16)3-7-1-2-17-6-7/h1-2,4-6H,3H2. The molecule has 0 bridgehead atoms. The van der Waals surface area contributed by atoms with E-state index in [1.807, 2.05) is 0 Å². The second kappa shape index (κ2) is 4.45. The van der Waals surface area contributed by atoms with E-state index >= 15 is 0 Å². The lowest BCUT2D eigenvalue weighted by molar-refractivity contribution is 0.0984. The Labute approximate surface area is 94.7 Å². The monoisotopic (exact) mass is 240 g/mol. The van der Waals surface area contributed by atoms with Crippen LogP contribution in [0.5, 0.6) is 0 Å². The summed E-state index contributed by atoms with van der Waals surface area (Å²) in [5.74, 6) is -4.21. The number of hydrogen-bond donors (Lipinski definition) is 0. The molecular weight excluding hydrogens is 233 g/mol. The van der Waals surface area contributed by atoms with Crippen molar-refractivity contribution in [2.75, 3.05) is 0 Å². The lowest BCUT2D eigenvalue weighted by Crippen LogP contribution is -2.09. The average molecular weight is 240 g/mol. The van der Waals surface area contributed by atoms with Gasteiger partial charge in [0.25, 0.3) is 0 Å². The molecule has 0 aliphatic heterocycles. The molecule has 0 atom stereocenters. The first kappa shape index (κ1) is 11.4. The summed E-state index contributed by atoms with van der Waals surface area (Å²) in [7, 11) is 0. The van der Waals surface area contributed by atoms with E-state index in [1.54, 1.807) is 0 Å². The molecule has 0 aliphatic rings. The summed E-state index contributed by atoms with van der Waals surface area (Å²) in [6, 6.07) is 2.47. The first-order valence-corrected chi connectivity index (χ1v) is 4.76. The van der Waals surface area contributed by atoms with Gasteiger partial charge in [0, 0.05) is 18.6 Å². The second-order valence-electron chi connectivity index (χ2n) is 3.48. The van der Waals surface area contributed by atoms with Crippen LogP contribution in [0.3, 0.4) is 0 Å². The van der Waals surface area contributed by atoms with E-state index in [4.69, 9.17) is 4.42 Å². The predicted octanol–water partition coefficient (Wildman–Crippen LogP) is 3.12. The van der Waals surface area contributed by atoms with Gasteiger partial charge in [0.05, 0.1) is 18.1 Å². The van der Waals surface area contributed by atoms with Crippen LogP contribution in [0.2, 0.25) is 0 Å². The number of carbonyl (C=O) groups excluding carboxylic acids is 1. The maximum absolute atomic E-state index is 13.3. The van der Waals surface area contributed by atoms with E-state index < -0.39 is 28.8 Å². The lowest BCUT2D eigenvalue weighted by atomic mass is 10.0. The van der Waals surface area contributed by atoms with Crippen molar-refractivity contribution in [3.63, 3.8) is 0 Å². The predicted molar refractivity (Wildman–Crippen MR) is 53.1 cm³/mol. The highest BCUT2D eigenvalue weighted by Crippen LogP contribution is 2.17. The quantitative estimate of drug-likeness (QED) is 0.771. The van der Waals surface area contributed by atoms with Crippen molar-refractivity contribution in [1.29, 1.82) is 0 Å². The van der Waals surface area contributed by atoms with Gasteiger partial charge < -0.3 is 4.42 Å². The maximum atomic E-state index is 13.3. The van der Waals surface area contributed by atoms with Crippen LogP contribution in [-0.2, 0) is 6.42 Å². The zero-order valence-electron chi connectivity index (χ0n) is 8.54. The van der Waals surface area contributed by atoms with Gasteiger partial charge in [-0.05, 0) is 11.6 Å². The summed E-state index contributed by atoms with van der Waals surface area (Å²) in [5, 5.41) is 0. The first-order valence-electron chi connectivity index (χ1n) is 4.76. The Kier molecular flexibility index (Phi) is 2.99. The molecule has 0 aliphatic carbocycles. The number of benzene rings is 1. The number of carbonyl (C=O) groups is 1. The van der Waals surface area contributed by atoms with Crippen molar-refractivity contribution in [3.05, 3.63) is 59.3 Å². The fourth-order valence-electron chi connectivity index (χ4n) is 1.48. The molecule has 0 saturated carbocycles. The van der Waals surface area contributed by atoms with E-state index in [1.165, 1.54) is 18.6 Å². The van der Waals surface area contributed by atoms with Gasteiger partial charge in [0.15, 0.2) is 5.78 Å². The fraction of sp³-hybridized carbons (Fsp3) is 0.0833. The molecule has 5 heteroatoms. The summed E-state index contributed by atoms with van der Waals surface area (Å²) in [4.78, 5) is 11.6. The van der Waals surface area contributed by atoms with E-state index in [-0.39, 0.29) is 6.42 Å². The molecular formula is C12H7F3O2. The van der Waals surface area contributed by atoms with E-state index in [2.05, 4.69) is 0 Å². The molecule has 1 heterocycles. The smallest absolute Gasteiger partial charge is 0.173 e. The molecule has 0 spiro atoms. The van der Waals surface area contributed by atoms with E-state index in [0.717, 1.165) is 0 Å². The largest absolute Gasteiger partial charge is 0.472 e. The highest BCUT2D eigenvalue weighted by atomic mass is 19.1. The molecule has 88 valence electrons. The minimum atomic E-state index is -1.20. The number of rotatable bonds is 3. The van der Waals surface area contributed by atoms with Crippen molar-refractivity contribution in [2.24, 2.45) is 0 Å². The van der Waals surface area contributed by atoms with Gasteiger partial charge in [-0.2, -0.15) is 0 Å². The van der Waals surface area contributed by atoms with Crippen molar-refractivity contribution in [2.45, 2.75) is 6.42 Å². The zero-order chi connectivity index (χ0) is 12.4. The minimum absolute atomic E-state index is 0.198. The summed E-state index contributed by atoms with van der Waals surface area (Å²) in [5.41, 5.74) is -0.231.